The molecule has 2 rings (SSSR count). The van der Waals surface area contributed by atoms with Crippen LogP contribution in [0.2, 0.25) is 0 Å². The van der Waals surface area contributed by atoms with Crippen LogP contribution in [-0.4, -0.2) is 11.9 Å². The molecule has 2 aromatic rings. The van der Waals surface area contributed by atoms with E-state index in [1.54, 1.807) is 0 Å². The van der Waals surface area contributed by atoms with Crippen LogP contribution in [0.25, 0.3) is 0 Å². The molecule has 0 bridgehead atoms. The lowest BCUT2D eigenvalue weighted by Crippen LogP contribution is -2.41. The highest BCUT2D eigenvalue weighted by Gasteiger charge is 2.14. The average Bonchev–Trinajstić information content (AvgIpc) is 2.47. The van der Waals surface area contributed by atoms with Crippen LogP contribution < -0.4 is 11.1 Å². The number of halogens is 2. The van der Waals surface area contributed by atoms with E-state index >= 15 is 0 Å². The summed E-state index contributed by atoms with van der Waals surface area (Å²) in [6, 6.07) is 11.9. The fourth-order valence-electron chi connectivity index (χ4n) is 1.94. The summed E-state index contributed by atoms with van der Waals surface area (Å²) in [6.45, 7) is -0.0204. The smallest absolute Gasteiger partial charge is 0.237 e. The van der Waals surface area contributed by atoms with Crippen LogP contribution in [0.3, 0.4) is 0 Å². The molecule has 0 spiro atoms. The highest BCUT2D eigenvalue weighted by molar-refractivity contribution is 5.81. The van der Waals surface area contributed by atoms with Gasteiger partial charge in [-0.2, -0.15) is 0 Å². The second kappa shape index (κ2) is 6.95. The fraction of sp³-hybridized carbons (Fsp3) is 0.188. The van der Waals surface area contributed by atoms with Gasteiger partial charge in [0.25, 0.3) is 0 Å². The van der Waals surface area contributed by atoms with E-state index in [4.69, 9.17) is 5.73 Å². The first kappa shape index (κ1) is 15.1. The Labute approximate surface area is 121 Å². The topological polar surface area (TPSA) is 55.1 Å². The molecule has 1 amide bonds. The number of rotatable bonds is 5. The molecule has 0 aliphatic heterocycles. The molecule has 21 heavy (non-hydrogen) atoms. The summed E-state index contributed by atoms with van der Waals surface area (Å²) in [5, 5.41) is 2.55. The summed E-state index contributed by atoms with van der Waals surface area (Å²) in [5.41, 5.74) is 6.98. The van der Waals surface area contributed by atoms with E-state index in [0.29, 0.717) is 6.42 Å². The molecular weight excluding hydrogens is 274 g/mol. The Balaban J connectivity index is 1.89. The molecule has 0 fully saturated rings. The van der Waals surface area contributed by atoms with Crippen molar-refractivity contribution >= 4 is 5.91 Å². The molecular formula is C16H16F2N2O. The number of nitrogens with one attached hydrogen (secondary N) is 1. The minimum atomic E-state index is -0.712. The first-order valence-corrected chi connectivity index (χ1v) is 6.57. The standard InChI is InChI=1S/C16H16F2N2O/c17-13-7-6-12(14(18)9-13)10-20-16(21)15(19)8-11-4-2-1-3-5-11/h1-7,9,15H,8,10,19H2,(H,20,21)/t15-/m0/s1. The quantitative estimate of drug-likeness (QED) is 0.886. The van der Waals surface area contributed by atoms with Crippen LogP contribution in [0.15, 0.2) is 48.5 Å². The molecule has 110 valence electrons. The zero-order valence-electron chi connectivity index (χ0n) is 11.4. The highest BCUT2D eigenvalue weighted by Crippen LogP contribution is 2.09. The van der Waals surface area contributed by atoms with Crippen molar-refractivity contribution in [2.45, 2.75) is 19.0 Å². The maximum atomic E-state index is 13.4. The third-order valence-electron chi connectivity index (χ3n) is 3.10. The lowest BCUT2D eigenvalue weighted by molar-refractivity contribution is -0.122. The SMILES string of the molecule is N[C@@H](Cc1ccccc1)C(=O)NCc1ccc(F)cc1F. The number of nitrogens with two attached hydrogens (primary N) is 1. The van der Waals surface area contributed by atoms with E-state index < -0.39 is 17.7 Å². The van der Waals surface area contributed by atoms with Crippen LogP contribution in [-0.2, 0) is 17.8 Å². The molecule has 0 unspecified atom stereocenters. The molecule has 0 aliphatic rings. The predicted octanol–water partition coefficient (Wildman–Crippen LogP) is 2.15. The van der Waals surface area contributed by atoms with Crippen LogP contribution in [0.1, 0.15) is 11.1 Å². The van der Waals surface area contributed by atoms with Crippen molar-refractivity contribution in [1.29, 1.82) is 0 Å². The van der Waals surface area contributed by atoms with Crippen LogP contribution >= 0.6 is 0 Å². The van der Waals surface area contributed by atoms with Gasteiger partial charge in [-0.1, -0.05) is 36.4 Å². The van der Waals surface area contributed by atoms with E-state index in [1.165, 1.54) is 6.07 Å². The van der Waals surface area contributed by atoms with Crippen LogP contribution in [0.5, 0.6) is 0 Å². The molecule has 0 radical (unpaired) electrons. The number of hydrogen-bond donors (Lipinski definition) is 2. The normalized spacial score (nSPS) is 12.0. The highest BCUT2D eigenvalue weighted by atomic mass is 19.1. The Morgan fingerprint density at radius 3 is 2.52 bits per heavy atom. The first-order valence-electron chi connectivity index (χ1n) is 6.57. The van der Waals surface area contributed by atoms with Crippen LogP contribution in [0, 0.1) is 11.6 Å². The van der Waals surface area contributed by atoms with Crippen molar-refractivity contribution in [1.82, 2.24) is 5.32 Å². The molecule has 3 nitrogen and oxygen atoms in total. The van der Waals surface area contributed by atoms with Crippen molar-refractivity contribution in [3.05, 3.63) is 71.3 Å². The molecule has 0 saturated heterocycles. The molecule has 0 aliphatic carbocycles. The van der Waals surface area contributed by atoms with Gasteiger partial charge in [0, 0.05) is 18.2 Å². The Morgan fingerprint density at radius 1 is 1.14 bits per heavy atom. The van der Waals surface area contributed by atoms with Gasteiger partial charge in [0.1, 0.15) is 11.6 Å². The maximum Gasteiger partial charge on any atom is 0.237 e. The van der Waals surface area contributed by atoms with Crippen LogP contribution in [0.4, 0.5) is 8.78 Å². The summed E-state index contributed by atoms with van der Waals surface area (Å²) in [7, 11) is 0. The molecule has 0 saturated carbocycles. The molecule has 2 aromatic carbocycles. The lowest BCUT2D eigenvalue weighted by Gasteiger charge is -2.12. The summed E-state index contributed by atoms with van der Waals surface area (Å²) in [6.07, 6.45) is 0.401. The first-order chi connectivity index (χ1) is 10.1. The number of amides is 1. The second-order valence-corrected chi connectivity index (χ2v) is 4.75. The predicted molar refractivity (Wildman–Crippen MR) is 76.3 cm³/mol. The fourth-order valence-corrected chi connectivity index (χ4v) is 1.94. The monoisotopic (exact) mass is 290 g/mol. The Hall–Kier alpha value is -2.27. The van der Waals surface area contributed by atoms with Gasteiger partial charge in [-0.25, -0.2) is 8.78 Å². The maximum absolute atomic E-state index is 13.4. The average molecular weight is 290 g/mol. The van der Waals surface area contributed by atoms with Gasteiger partial charge >= 0.3 is 0 Å². The summed E-state index contributed by atoms with van der Waals surface area (Å²) >= 11 is 0. The zero-order chi connectivity index (χ0) is 15.2. The van der Waals surface area contributed by atoms with Gasteiger partial charge in [0.2, 0.25) is 5.91 Å². The van der Waals surface area contributed by atoms with Gasteiger partial charge in [-0.05, 0) is 18.1 Å². The Bertz CT molecular complexity index is 617. The summed E-state index contributed by atoms with van der Waals surface area (Å²) in [4.78, 5) is 11.9. The van der Waals surface area contributed by atoms with Gasteiger partial charge in [0.05, 0.1) is 6.04 Å². The van der Waals surface area contributed by atoms with Crippen molar-refractivity contribution < 1.29 is 13.6 Å². The molecule has 0 aromatic heterocycles. The summed E-state index contributed by atoms with van der Waals surface area (Å²) in [5.74, 6) is -1.71. The van der Waals surface area contributed by atoms with Gasteiger partial charge in [0.15, 0.2) is 0 Å². The van der Waals surface area contributed by atoms with E-state index in [2.05, 4.69) is 5.32 Å². The van der Waals surface area contributed by atoms with Gasteiger partial charge < -0.3 is 11.1 Å². The minimum Gasteiger partial charge on any atom is -0.351 e. The van der Waals surface area contributed by atoms with Gasteiger partial charge in [-0.15, -0.1) is 0 Å². The molecule has 3 N–H and O–H groups in total. The largest absolute Gasteiger partial charge is 0.351 e. The van der Waals surface area contributed by atoms with Gasteiger partial charge in [-0.3, -0.25) is 4.79 Å². The van der Waals surface area contributed by atoms with Crippen molar-refractivity contribution in [3.8, 4) is 0 Å². The van der Waals surface area contributed by atoms with Crippen molar-refractivity contribution in [3.63, 3.8) is 0 Å². The molecule has 1 atom stereocenters. The number of carbonyl (C=O) groups excluding carboxylic acids is 1. The van der Waals surface area contributed by atoms with E-state index in [1.807, 2.05) is 30.3 Å². The molecule has 5 heteroatoms. The number of hydrogen-bond acceptors (Lipinski definition) is 2. The second-order valence-electron chi connectivity index (χ2n) is 4.75. The lowest BCUT2D eigenvalue weighted by atomic mass is 10.1. The third kappa shape index (κ3) is 4.36. The minimum absolute atomic E-state index is 0.0204. The van der Waals surface area contributed by atoms with Crippen molar-refractivity contribution in [2.24, 2.45) is 5.73 Å². The Kier molecular flexibility index (Phi) is 5.00. The number of benzene rings is 2. The summed E-state index contributed by atoms with van der Waals surface area (Å²) < 4.78 is 26.2. The number of carbonyl (C=O) groups is 1. The van der Waals surface area contributed by atoms with E-state index in [0.717, 1.165) is 17.7 Å². The van der Waals surface area contributed by atoms with E-state index in [9.17, 15) is 13.6 Å². The van der Waals surface area contributed by atoms with E-state index in [-0.39, 0.29) is 18.0 Å². The zero-order valence-corrected chi connectivity index (χ0v) is 11.4. The van der Waals surface area contributed by atoms with Crippen molar-refractivity contribution in [2.75, 3.05) is 0 Å². The molecule has 0 heterocycles. The third-order valence-corrected chi connectivity index (χ3v) is 3.10. The Morgan fingerprint density at radius 2 is 1.86 bits per heavy atom.